The number of ether oxygens (including phenoxy) is 1. The van der Waals surface area contributed by atoms with E-state index in [4.69, 9.17) is 14.0 Å². The summed E-state index contributed by atoms with van der Waals surface area (Å²) in [5.74, 6) is 0.554. The van der Waals surface area contributed by atoms with Gasteiger partial charge in [-0.3, -0.25) is 14.5 Å². The maximum atomic E-state index is 14.1. The van der Waals surface area contributed by atoms with Crippen LogP contribution in [0, 0.1) is 17.3 Å². The number of nitrogens with one attached hydrogen (secondary N) is 1. The van der Waals surface area contributed by atoms with Crippen molar-refractivity contribution < 1.29 is 28.4 Å². The van der Waals surface area contributed by atoms with Gasteiger partial charge in [0, 0.05) is 25.9 Å². The van der Waals surface area contributed by atoms with Gasteiger partial charge >= 0.3 is 13.2 Å². The van der Waals surface area contributed by atoms with Crippen molar-refractivity contribution in [2.45, 2.75) is 147 Å². The number of benzene rings is 1. The minimum Gasteiger partial charge on any atom is -0.444 e. The molecule has 2 bridgehead atoms. The number of rotatable bonds is 2. The lowest BCUT2D eigenvalue weighted by Gasteiger charge is -2.64. The van der Waals surface area contributed by atoms with Crippen molar-refractivity contribution in [1.82, 2.24) is 15.1 Å². The number of carbonyl (C=O) groups is 3. The summed E-state index contributed by atoms with van der Waals surface area (Å²) < 4.78 is 19.5. The summed E-state index contributed by atoms with van der Waals surface area (Å²) in [5, 5.41) is 3.32. The molecule has 4 heterocycles. The first kappa shape index (κ1) is 32.0. The lowest BCUT2D eigenvalue weighted by Crippen LogP contribution is -2.65. The van der Waals surface area contributed by atoms with Crippen molar-refractivity contribution in [1.29, 1.82) is 0 Å². The average molecular weight is 634 g/mol. The molecule has 1 aromatic carbocycles. The monoisotopic (exact) mass is 633 g/mol. The van der Waals surface area contributed by atoms with E-state index in [1.165, 1.54) is 25.7 Å². The molecule has 3 saturated heterocycles. The average Bonchev–Trinajstić information content (AvgIpc) is 3.75. The lowest BCUT2D eigenvalue weighted by atomic mass is 9.43. The molecule has 46 heavy (non-hydrogen) atoms. The normalized spacial score (nSPS) is 36.4. The SMILES string of the molecule is CC1(C)C2CC1[C@]1(C)OB([C@@H]3CCCCCCCCCCC(=O)N4C[C@H](OC(=O)N5Cc6ccccc6C5)C[C@H]4C(=O)N3)O[C@@H]1C2. The summed E-state index contributed by atoms with van der Waals surface area (Å²) in [7, 11) is -0.510. The number of fused-ring (bicyclic) bond motifs is 2. The minimum absolute atomic E-state index is 0.0372. The highest BCUT2D eigenvalue weighted by molar-refractivity contribution is 6.47. The van der Waals surface area contributed by atoms with E-state index in [2.05, 4.69) is 26.1 Å². The molecule has 9 nitrogen and oxygen atoms in total. The molecule has 1 N–H and O–H groups in total. The van der Waals surface area contributed by atoms with E-state index in [1.807, 2.05) is 24.3 Å². The Kier molecular flexibility index (Phi) is 8.89. The Bertz CT molecular complexity index is 1300. The molecule has 8 rings (SSSR count). The first-order chi connectivity index (χ1) is 22.1. The van der Waals surface area contributed by atoms with Crippen LogP contribution in [0.3, 0.4) is 0 Å². The summed E-state index contributed by atoms with van der Waals surface area (Å²) in [5.41, 5.74) is 2.14. The number of nitrogens with zero attached hydrogens (tertiary/aromatic N) is 2. The summed E-state index contributed by atoms with van der Waals surface area (Å²) in [4.78, 5) is 44.3. The zero-order chi connectivity index (χ0) is 32.1. The van der Waals surface area contributed by atoms with Gasteiger partial charge in [0.1, 0.15) is 12.1 Å². The van der Waals surface area contributed by atoms with Crippen LogP contribution in [0.1, 0.15) is 115 Å². The Morgan fingerprint density at radius 3 is 2.30 bits per heavy atom. The molecule has 0 radical (unpaired) electrons. The van der Waals surface area contributed by atoms with Crippen LogP contribution < -0.4 is 5.32 Å². The van der Waals surface area contributed by atoms with Crippen molar-refractivity contribution in [3.8, 4) is 0 Å². The van der Waals surface area contributed by atoms with E-state index in [0.717, 1.165) is 56.1 Å². The molecule has 3 amide bonds. The van der Waals surface area contributed by atoms with Crippen LogP contribution in [0.2, 0.25) is 0 Å². The van der Waals surface area contributed by atoms with Gasteiger partial charge in [0.05, 0.1) is 24.2 Å². The highest BCUT2D eigenvalue weighted by atomic mass is 16.7. The molecule has 2 unspecified atom stereocenters. The smallest absolute Gasteiger partial charge is 0.444 e. The molecule has 250 valence electrons. The molecule has 6 fully saturated rings. The fourth-order valence-electron chi connectivity index (χ4n) is 9.56. The van der Waals surface area contributed by atoms with Gasteiger partial charge in [-0.2, -0.15) is 0 Å². The topological polar surface area (TPSA) is 97.4 Å². The molecule has 3 aliphatic carbocycles. The second kappa shape index (κ2) is 12.8. The second-order valence-electron chi connectivity index (χ2n) is 15.7. The Morgan fingerprint density at radius 1 is 0.935 bits per heavy atom. The summed E-state index contributed by atoms with van der Waals surface area (Å²) in [6, 6.07) is 7.34. The molecule has 7 atom stereocenters. The van der Waals surface area contributed by atoms with Crippen LogP contribution in [0.5, 0.6) is 0 Å². The van der Waals surface area contributed by atoms with E-state index in [0.29, 0.717) is 37.8 Å². The van der Waals surface area contributed by atoms with Crippen molar-refractivity contribution in [3.63, 3.8) is 0 Å². The molecule has 3 saturated carbocycles. The van der Waals surface area contributed by atoms with Crippen LogP contribution in [0.25, 0.3) is 0 Å². The first-order valence-corrected chi connectivity index (χ1v) is 18.1. The van der Waals surface area contributed by atoms with Crippen molar-refractivity contribution in [3.05, 3.63) is 35.4 Å². The van der Waals surface area contributed by atoms with E-state index in [9.17, 15) is 14.4 Å². The largest absolute Gasteiger partial charge is 0.481 e. The quantitative estimate of drug-likeness (QED) is 0.415. The number of hydrogen-bond acceptors (Lipinski definition) is 6. The first-order valence-electron chi connectivity index (χ1n) is 18.1. The summed E-state index contributed by atoms with van der Waals surface area (Å²) >= 11 is 0. The Morgan fingerprint density at radius 2 is 1.61 bits per heavy atom. The fourth-order valence-corrected chi connectivity index (χ4v) is 9.56. The Balaban J connectivity index is 1.06. The molecule has 4 aliphatic heterocycles. The van der Waals surface area contributed by atoms with Crippen LogP contribution in [0.4, 0.5) is 4.79 Å². The maximum Gasteiger partial charge on any atom is 0.481 e. The molecule has 10 heteroatoms. The van der Waals surface area contributed by atoms with E-state index in [-0.39, 0.29) is 41.4 Å². The van der Waals surface area contributed by atoms with E-state index >= 15 is 0 Å². The highest BCUT2D eigenvalue weighted by Gasteiger charge is 2.68. The molecule has 7 aliphatic rings. The van der Waals surface area contributed by atoms with Gasteiger partial charge in [-0.05, 0) is 61.0 Å². The third kappa shape index (κ3) is 5.97. The fraction of sp³-hybridized carbons (Fsp3) is 0.750. The second-order valence-corrected chi connectivity index (χ2v) is 15.7. The Hall–Kier alpha value is -2.59. The predicted molar refractivity (Wildman–Crippen MR) is 174 cm³/mol. The third-order valence-electron chi connectivity index (χ3n) is 12.5. The minimum atomic E-state index is -0.692. The maximum absolute atomic E-state index is 14.1. The molecule has 0 aromatic heterocycles. The Labute approximate surface area is 274 Å². The van der Waals surface area contributed by atoms with Gasteiger partial charge in [0.15, 0.2) is 0 Å². The highest BCUT2D eigenvalue weighted by Crippen LogP contribution is 2.65. The van der Waals surface area contributed by atoms with Crippen LogP contribution in [-0.2, 0) is 36.7 Å². The molecule has 1 aromatic rings. The molecular formula is C36H52BN3O6. The van der Waals surface area contributed by atoms with E-state index in [1.54, 1.807) is 9.80 Å². The van der Waals surface area contributed by atoms with Gasteiger partial charge < -0.3 is 24.3 Å². The lowest BCUT2D eigenvalue weighted by molar-refractivity contribution is -0.199. The van der Waals surface area contributed by atoms with Crippen molar-refractivity contribution >= 4 is 25.0 Å². The summed E-state index contributed by atoms with van der Waals surface area (Å²) in [6.07, 6.45) is 11.4. The van der Waals surface area contributed by atoms with E-state index < -0.39 is 25.4 Å². The predicted octanol–water partition coefficient (Wildman–Crippen LogP) is 5.78. The third-order valence-corrected chi connectivity index (χ3v) is 12.5. The van der Waals surface area contributed by atoms with Crippen molar-refractivity contribution in [2.75, 3.05) is 6.54 Å². The number of amides is 3. The molecule has 0 spiro atoms. The van der Waals surface area contributed by atoms with Gasteiger partial charge in [-0.1, -0.05) is 83.1 Å². The number of carbonyl (C=O) groups excluding carboxylic acids is 3. The standard InChI is InChI=1S/C36H52BN3O6/c1-35(2)26-18-29(35)36(3)30(19-26)45-37(46-36)31-16-10-8-6-4-5-7-9-11-17-32(41)40-23-27(20-28(40)33(42)38-31)44-34(43)39-21-24-14-12-13-15-25(24)22-39/h12-15,26-31H,4-11,16-23H2,1-3H3,(H,38,42)/t26?,27-,28+,29?,30-,31+,36+/m1/s1. The van der Waals surface area contributed by atoms with Gasteiger partial charge in [-0.25, -0.2) is 4.79 Å². The van der Waals surface area contributed by atoms with Crippen LogP contribution in [-0.4, -0.2) is 71.2 Å². The zero-order valence-electron chi connectivity index (χ0n) is 28.0. The summed E-state index contributed by atoms with van der Waals surface area (Å²) in [6.45, 7) is 8.19. The van der Waals surface area contributed by atoms with Gasteiger partial charge in [0.25, 0.3) is 0 Å². The van der Waals surface area contributed by atoms with Gasteiger partial charge in [-0.15, -0.1) is 0 Å². The zero-order valence-corrected chi connectivity index (χ0v) is 28.0. The molecular weight excluding hydrogens is 581 g/mol. The van der Waals surface area contributed by atoms with Crippen molar-refractivity contribution in [2.24, 2.45) is 17.3 Å². The van der Waals surface area contributed by atoms with Gasteiger partial charge in [0.2, 0.25) is 11.8 Å². The number of hydrogen-bond donors (Lipinski definition) is 1. The van der Waals surface area contributed by atoms with Crippen LogP contribution >= 0.6 is 0 Å². The van der Waals surface area contributed by atoms with Crippen LogP contribution in [0.15, 0.2) is 24.3 Å².